The molecule has 0 atom stereocenters. The number of aromatic nitrogens is 2. The van der Waals surface area contributed by atoms with Crippen LogP contribution in [0.1, 0.15) is 27.3 Å². The zero-order valence-electron chi connectivity index (χ0n) is 17.6. The molecule has 162 valence electrons. The SMILES string of the molecule is Cc1ccc(Cc2nsc(N3CCN(CCNC(=O)c4ccc(Br)cc4)CC3)n2)cc1. The number of aryl methyl sites for hydroxylation is 1. The lowest BCUT2D eigenvalue weighted by atomic mass is 10.1. The van der Waals surface area contributed by atoms with Crippen LogP contribution < -0.4 is 10.2 Å². The van der Waals surface area contributed by atoms with Crippen LogP contribution in [-0.2, 0) is 6.42 Å². The van der Waals surface area contributed by atoms with Gasteiger partial charge in [-0.3, -0.25) is 9.69 Å². The molecule has 2 heterocycles. The molecule has 3 aromatic rings. The van der Waals surface area contributed by atoms with Gasteiger partial charge in [-0.2, -0.15) is 4.37 Å². The summed E-state index contributed by atoms with van der Waals surface area (Å²) in [4.78, 5) is 21.7. The molecule has 1 saturated heterocycles. The van der Waals surface area contributed by atoms with Gasteiger partial charge in [-0.15, -0.1) is 0 Å². The predicted octanol–water partition coefficient (Wildman–Crippen LogP) is 3.75. The Morgan fingerprint density at radius 1 is 1.06 bits per heavy atom. The van der Waals surface area contributed by atoms with Gasteiger partial charge >= 0.3 is 0 Å². The molecule has 0 aliphatic carbocycles. The molecule has 8 heteroatoms. The van der Waals surface area contributed by atoms with Crippen molar-refractivity contribution in [3.05, 3.63) is 75.5 Å². The second-order valence-electron chi connectivity index (χ2n) is 7.75. The average Bonchev–Trinajstić information content (AvgIpc) is 3.25. The fourth-order valence-electron chi connectivity index (χ4n) is 3.53. The van der Waals surface area contributed by atoms with E-state index in [1.54, 1.807) is 0 Å². The van der Waals surface area contributed by atoms with Gasteiger partial charge in [0.15, 0.2) is 0 Å². The van der Waals surface area contributed by atoms with Crippen molar-refractivity contribution in [1.82, 2.24) is 19.6 Å². The van der Waals surface area contributed by atoms with Crippen LogP contribution in [-0.4, -0.2) is 59.4 Å². The number of nitrogens with one attached hydrogen (secondary N) is 1. The van der Waals surface area contributed by atoms with E-state index in [9.17, 15) is 4.79 Å². The largest absolute Gasteiger partial charge is 0.351 e. The summed E-state index contributed by atoms with van der Waals surface area (Å²) in [6, 6.07) is 16.0. The van der Waals surface area contributed by atoms with Gasteiger partial charge in [0, 0.05) is 67.3 Å². The van der Waals surface area contributed by atoms with Crippen molar-refractivity contribution in [3.63, 3.8) is 0 Å². The van der Waals surface area contributed by atoms with E-state index >= 15 is 0 Å². The average molecular weight is 500 g/mol. The Hall–Kier alpha value is -2.29. The minimum atomic E-state index is -0.0268. The van der Waals surface area contributed by atoms with Crippen molar-refractivity contribution in [2.75, 3.05) is 44.2 Å². The van der Waals surface area contributed by atoms with E-state index in [1.165, 1.54) is 22.7 Å². The summed E-state index contributed by atoms with van der Waals surface area (Å²) in [5.41, 5.74) is 3.19. The van der Waals surface area contributed by atoms with Crippen molar-refractivity contribution in [2.45, 2.75) is 13.3 Å². The van der Waals surface area contributed by atoms with Gasteiger partial charge in [0.05, 0.1) is 0 Å². The monoisotopic (exact) mass is 499 g/mol. The maximum atomic E-state index is 12.2. The van der Waals surface area contributed by atoms with Crippen LogP contribution in [0.5, 0.6) is 0 Å². The highest BCUT2D eigenvalue weighted by molar-refractivity contribution is 9.10. The first-order chi connectivity index (χ1) is 15.1. The highest BCUT2D eigenvalue weighted by atomic mass is 79.9. The van der Waals surface area contributed by atoms with E-state index in [2.05, 4.69) is 66.6 Å². The van der Waals surface area contributed by atoms with Gasteiger partial charge < -0.3 is 10.2 Å². The fraction of sp³-hybridized carbons (Fsp3) is 0.348. The molecule has 0 spiro atoms. The molecule has 1 amide bonds. The van der Waals surface area contributed by atoms with E-state index < -0.39 is 0 Å². The first kappa shape index (κ1) is 21.9. The number of amides is 1. The molecule has 1 fully saturated rings. The quantitative estimate of drug-likeness (QED) is 0.536. The van der Waals surface area contributed by atoms with Crippen LogP contribution in [0.25, 0.3) is 0 Å². The molecule has 0 bridgehead atoms. The van der Waals surface area contributed by atoms with E-state index in [4.69, 9.17) is 4.98 Å². The summed E-state index contributed by atoms with van der Waals surface area (Å²) in [7, 11) is 0. The van der Waals surface area contributed by atoms with E-state index in [0.29, 0.717) is 12.1 Å². The lowest BCUT2D eigenvalue weighted by Gasteiger charge is -2.34. The van der Waals surface area contributed by atoms with E-state index in [-0.39, 0.29) is 5.91 Å². The van der Waals surface area contributed by atoms with Crippen molar-refractivity contribution in [1.29, 1.82) is 0 Å². The minimum absolute atomic E-state index is 0.0268. The molecule has 4 rings (SSSR count). The van der Waals surface area contributed by atoms with Gasteiger partial charge in [0.2, 0.25) is 5.13 Å². The maximum absolute atomic E-state index is 12.2. The van der Waals surface area contributed by atoms with Crippen LogP contribution in [0.3, 0.4) is 0 Å². The number of hydrogen-bond acceptors (Lipinski definition) is 6. The van der Waals surface area contributed by atoms with Crippen molar-refractivity contribution in [2.24, 2.45) is 0 Å². The summed E-state index contributed by atoms with van der Waals surface area (Å²) >= 11 is 4.88. The molecule has 6 nitrogen and oxygen atoms in total. The highest BCUT2D eigenvalue weighted by Crippen LogP contribution is 2.20. The molecule has 0 saturated carbocycles. The van der Waals surface area contributed by atoms with E-state index in [1.807, 2.05) is 24.3 Å². The number of benzene rings is 2. The first-order valence-corrected chi connectivity index (χ1v) is 12.0. The highest BCUT2D eigenvalue weighted by Gasteiger charge is 2.20. The Morgan fingerprint density at radius 3 is 2.48 bits per heavy atom. The van der Waals surface area contributed by atoms with Gasteiger partial charge in [-0.25, -0.2) is 4.98 Å². The Kier molecular flexibility index (Phi) is 7.32. The molecular formula is C23H26BrN5OS. The molecule has 1 aliphatic rings. The third kappa shape index (κ3) is 6.12. The summed E-state index contributed by atoms with van der Waals surface area (Å²) in [6.45, 7) is 7.38. The number of rotatable bonds is 7. The zero-order valence-corrected chi connectivity index (χ0v) is 20.0. The third-order valence-corrected chi connectivity index (χ3v) is 6.75. The van der Waals surface area contributed by atoms with Crippen LogP contribution in [0.15, 0.2) is 53.0 Å². The fourth-order valence-corrected chi connectivity index (χ4v) is 4.53. The van der Waals surface area contributed by atoms with Crippen molar-refractivity contribution < 1.29 is 4.79 Å². The Balaban J connectivity index is 1.20. The summed E-state index contributed by atoms with van der Waals surface area (Å²) in [5, 5.41) is 4.01. The molecule has 1 aromatic heterocycles. The number of anilines is 1. The van der Waals surface area contributed by atoms with Crippen molar-refractivity contribution in [3.8, 4) is 0 Å². The van der Waals surface area contributed by atoms with Crippen LogP contribution in [0, 0.1) is 6.92 Å². The Morgan fingerprint density at radius 2 is 1.77 bits per heavy atom. The smallest absolute Gasteiger partial charge is 0.251 e. The summed E-state index contributed by atoms with van der Waals surface area (Å²) < 4.78 is 5.53. The number of nitrogens with zero attached hydrogens (tertiary/aromatic N) is 4. The van der Waals surface area contributed by atoms with Crippen LogP contribution in [0.4, 0.5) is 5.13 Å². The number of piperazine rings is 1. The lowest BCUT2D eigenvalue weighted by Crippen LogP contribution is -2.48. The van der Waals surface area contributed by atoms with Gasteiger partial charge in [-0.05, 0) is 36.8 Å². The van der Waals surface area contributed by atoms with Crippen LogP contribution >= 0.6 is 27.5 Å². The summed E-state index contributed by atoms with van der Waals surface area (Å²) in [6.07, 6.45) is 0.773. The molecule has 2 aromatic carbocycles. The summed E-state index contributed by atoms with van der Waals surface area (Å²) in [5.74, 6) is 0.864. The molecule has 1 N–H and O–H groups in total. The Bertz CT molecular complexity index is 998. The normalized spacial score (nSPS) is 14.6. The predicted molar refractivity (Wildman–Crippen MR) is 129 cm³/mol. The van der Waals surface area contributed by atoms with Crippen LogP contribution in [0.2, 0.25) is 0 Å². The number of halogens is 1. The van der Waals surface area contributed by atoms with E-state index in [0.717, 1.165) is 54.6 Å². The maximum Gasteiger partial charge on any atom is 0.251 e. The van der Waals surface area contributed by atoms with Gasteiger partial charge in [0.25, 0.3) is 5.91 Å². The van der Waals surface area contributed by atoms with Gasteiger partial charge in [-0.1, -0.05) is 45.8 Å². The Labute approximate surface area is 195 Å². The molecule has 0 radical (unpaired) electrons. The standard InChI is InChI=1S/C23H26BrN5OS/c1-17-2-4-18(5-3-17)16-21-26-23(31-27-21)29-14-12-28(13-15-29)11-10-25-22(30)19-6-8-20(24)9-7-19/h2-9H,10-16H2,1H3,(H,25,30). The molecule has 0 unspecified atom stereocenters. The lowest BCUT2D eigenvalue weighted by molar-refractivity contribution is 0.0948. The minimum Gasteiger partial charge on any atom is -0.351 e. The topological polar surface area (TPSA) is 61.4 Å². The first-order valence-electron chi connectivity index (χ1n) is 10.5. The molecule has 31 heavy (non-hydrogen) atoms. The van der Waals surface area contributed by atoms with Crippen molar-refractivity contribution >= 4 is 38.5 Å². The second-order valence-corrected chi connectivity index (χ2v) is 9.39. The third-order valence-electron chi connectivity index (χ3n) is 5.40. The van der Waals surface area contributed by atoms with Gasteiger partial charge in [0.1, 0.15) is 5.82 Å². The zero-order chi connectivity index (χ0) is 21.6. The number of hydrogen-bond donors (Lipinski definition) is 1. The molecule has 1 aliphatic heterocycles. The number of carbonyl (C=O) groups excluding carboxylic acids is 1. The second kappa shape index (κ2) is 10.3. The number of carbonyl (C=O) groups is 1. The molecular weight excluding hydrogens is 474 g/mol.